The molecule has 0 aromatic heterocycles. The van der Waals surface area contributed by atoms with Gasteiger partial charge in [0.15, 0.2) is 0 Å². The first-order valence-electron chi connectivity index (χ1n) is 16.8. The fourth-order valence-electron chi connectivity index (χ4n) is 5.22. The lowest BCUT2D eigenvalue weighted by Crippen LogP contribution is -1.97. The molecule has 1 nitrogen and oxygen atoms in total. The van der Waals surface area contributed by atoms with Crippen LogP contribution in [0.15, 0.2) is 12.2 Å². The Morgan fingerprint density at radius 3 is 0.800 bits per heavy atom. The maximum atomic E-state index is 5.54. The standard InChI is InChI=1S/C34H69N/c1-2-3-4-5-6-7-8-9-10-11-12-13-14-15-16-17-18-19-20-21-22-23-24-25-26-27-28-29-30-31-32-33-34-35/h9-10H,2-8,11-35H2,1H3. The Kier molecular flexibility index (Phi) is 33.4. The van der Waals surface area contributed by atoms with E-state index in [1.807, 2.05) is 0 Å². The maximum Gasteiger partial charge on any atom is -0.00773 e. The molecule has 0 aromatic rings. The molecule has 0 spiro atoms. The van der Waals surface area contributed by atoms with Gasteiger partial charge in [-0.25, -0.2) is 0 Å². The zero-order chi connectivity index (χ0) is 25.3. The van der Waals surface area contributed by atoms with Gasteiger partial charge in [-0.2, -0.15) is 0 Å². The third kappa shape index (κ3) is 33.7. The van der Waals surface area contributed by atoms with Crippen molar-refractivity contribution in [3.8, 4) is 0 Å². The molecule has 2 N–H and O–H groups in total. The van der Waals surface area contributed by atoms with Crippen LogP contribution < -0.4 is 5.73 Å². The lowest BCUT2D eigenvalue weighted by Gasteiger charge is -2.04. The molecule has 0 bridgehead atoms. The SMILES string of the molecule is CCCCCCCCC=CCCCCCCCCCCCCCCCCCCCCCCCCN. The van der Waals surface area contributed by atoms with Crippen molar-refractivity contribution < 1.29 is 0 Å². The smallest absolute Gasteiger partial charge is 0.00773 e. The van der Waals surface area contributed by atoms with Crippen LogP contribution in [-0.2, 0) is 0 Å². The van der Waals surface area contributed by atoms with Gasteiger partial charge in [0.25, 0.3) is 0 Å². The van der Waals surface area contributed by atoms with Crippen LogP contribution >= 0.6 is 0 Å². The van der Waals surface area contributed by atoms with Crippen molar-refractivity contribution in [1.29, 1.82) is 0 Å². The molecule has 0 aliphatic rings. The summed E-state index contributed by atoms with van der Waals surface area (Å²) in [6, 6.07) is 0. The van der Waals surface area contributed by atoms with E-state index in [1.165, 1.54) is 193 Å². The molecular formula is C34H69N. The summed E-state index contributed by atoms with van der Waals surface area (Å²) >= 11 is 0. The molecule has 0 heterocycles. The first-order chi connectivity index (χ1) is 17.4. The normalized spacial score (nSPS) is 11.7. The third-order valence-electron chi connectivity index (χ3n) is 7.72. The summed E-state index contributed by atoms with van der Waals surface area (Å²) in [6.07, 6.45) is 47.8. The highest BCUT2D eigenvalue weighted by molar-refractivity contribution is 4.81. The molecule has 0 amide bonds. The predicted molar refractivity (Wildman–Crippen MR) is 162 cm³/mol. The van der Waals surface area contributed by atoms with Gasteiger partial charge in [-0.1, -0.05) is 180 Å². The van der Waals surface area contributed by atoms with E-state index in [-0.39, 0.29) is 0 Å². The number of hydrogen-bond donors (Lipinski definition) is 1. The lowest BCUT2D eigenvalue weighted by atomic mass is 10.0. The van der Waals surface area contributed by atoms with Crippen LogP contribution in [0.5, 0.6) is 0 Å². The highest BCUT2D eigenvalue weighted by Crippen LogP contribution is 2.15. The van der Waals surface area contributed by atoms with Crippen molar-refractivity contribution >= 4 is 0 Å². The summed E-state index contributed by atoms with van der Waals surface area (Å²) in [7, 11) is 0. The van der Waals surface area contributed by atoms with E-state index in [1.54, 1.807) is 0 Å². The van der Waals surface area contributed by atoms with Crippen LogP contribution in [-0.4, -0.2) is 6.54 Å². The summed E-state index contributed by atoms with van der Waals surface area (Å²) in [4.78, 5) is 0. The van der Waals surface area contributed by atoms with Crippen molar-refractivity contribution in [2.24, 2.45) is 5.73 Å². The molecule has 0 aliphatic heterocycles. The van der Waals surface area contributed by atoms with E-state index >= 15 is 0 Å². The Balaban J connectivity index is 3.05. The van der Waals surface area contributed by atoms with E-state index in [2.05, 4.69) is 19.1 Å². The van der Waals surface area contributed by atoms with Gasteiger partial charge < -0.3 is 5.73 Å². The fourth-order valence-corrected chi connectivity index (χ4v) is 5.22. The monoisotopic (exact) mass is 492 g/mol. The molecular weight excluding hydrogens is 422 g/mol. The molecule has 210 valence electrons. The van der Waals surface area contributed by atoms with Crippen LogP contribution in [0.25, 0.3) is 0 Å². The van der Waals surface area contributed by atoms with Gasteiger partial charge in [-0.05, 0) is 38.6 Å². The van der Waals surface area contributed by atoms with Gasteiger partial charge in [0, 0.05) is 0 Å². The van der Waals surface area contributed by atoms with Gasteiger partial charge in [0.05, 0.1) is 0 Å². The highest BCUT2D eigenvalue weighted by atomic mass is 14.5. The molecule has 0 aliphatic carbocycles. The van der Waals surface area contributed by atoms with Crippen molar-refractivity contribution in [1.82, 2.24) is 0 Å². The molecule has 0 aromatic carbocycles. The minimum absolute atomic E-state index is 0.873. The topological polar surface area (TPSA) is 26.0 Å². The number of hydrogen-bond acceptors (Lipinski definition) is 1. The van der Waals surface area contributed by atoms with Crippen molar-refractivity contribution in [3.05, 3.63) is 12.2 Å². The summed E-state index contributed by atoms with van der Waals surface area (Å²) < 4.78 is 0. The molecule has 0 radical (unpaired) electrons. The molecule has 1 heteroatoms. The summed E-state index contributed by atoms with van der Waals surface area (Å²) in [6.45, 7) is 3.17. The van der Waals surface area contributed by atoms with Gasteiger partial charge in [-0.15, -0.1) is 0 Å². The van der Waals surface area contributed by atoms with E-state index < -0.39 is 0 Å². The summed E-state index contributed by atoms with van der Waals surface area (Å²) in [5, 5.41) is 0. The first kappa shape index (κ1) is 34.7. The molecule has 0 atom stereocenters. The minimum atomic E-state index is 0.873. The number of allylic oxidation sites excluding steroid dienone is 2. The Morgan fingerprint density at radius 2 is 0.543 bits per heavy atom. The maximum absolute atomic E-state index is 5.54. The highest BCUT2D eigenvalue weighted by Gasteiger charge is 1.96. The zero-order valence-electron chi connectivity index (χ0n) is 24.7. The number of unbranched alkanes of at least 4 members (excludes halogenated alkanes) is 28. The van der Waals surface area contributed by atoms with Gasteiger partial charge in [0.2, 0.25) is 0 Å². The average molecular weight is 492 g/mol. The van der Waals surface area contributed by atoms with Crippen LogP contribution in [0.3, 0.4) is 0 Å². The van der Waals surface area contributed by atoms with Crippen LogP contribution in [0.1, 0.15) is 200 Å². The fraction of sp³-hybridized carbons (Fsp3) is 0.941. The lowest BCUT2D eigenvalue weighted by molar-refractivity contribution is 0.519. The Labute approximate surface area is 223 Å². The van der Waals surface area contributed by atoms with E-state index in [9.17, 15) is 0 Å². The van der Waals surface area contributed by atoms with Crippen molar-refractivity contribution in [2.75, 3.05) is 6.54 Å². The number of rotatable bonds is 31. The predicted octanol–water partition coefficient (Wildman–Crippen LogP) is 12.2. The van der Waals surface area contributed by atoms with Crippen molar-refractivity contribution in [2.45, 2.75) is 200 Å². The van der Waals surface area contributed by atoms with E-state index in [4.69, 9.17) is 5.73 Å². The van der Waals surface area contributed by atoms with Crippen LogP contribution in [0, 0.1) is 0 Å². The Hall–Kier alpha value is -0.300. The third-order valence-corrected chi connectivity index (χ3v) is 7.72. The van der Waals surface area contributed by atoms with Crippen molar-refractivity contribution in [3.63, 3.8) is 0 Å². The quantitative estimate of drug-likeness (QED) is 0.0757. The molecule has 0 fully saturated rings. The Morgan fingerprint density at radius 1 is 0.314 bits per heavy atom. The second kappa shape index (κ2) is 33.7. The Bertz CT molecular complexity index is 375. The first-order valence-corrected chi connectivity index (χ1v) is 16.8. The van der Waals surface area contributed by atoms with Crippen LogP contribution in [0.2, 0.25) is 0 Å². The summed E-state index contributed by atoms with van der Waals surface area (Å²) in [5.74, 6) is 0. The van der Waals surface area contributed by atoms with E-state index in [0.29, 0.717) is 0 Å². The zero-order valence-corrected chi connectivity index (χ0v) is 24.7. The largest absolute Gasteiger partial charge is 0.330 e. The summed E-state index contributed by atoms with van der Waals surface area (Å²) in [5.41, 5.74) is 5.54. The average Bonchev–Trinajstić information content (AvgIpc) is 2.87. The second-order valence-corrected chi connectivity index (χ2v) is 11.4. The second-order valence-electron chi connectivity index (χ2n) is 11.4. The van der Waals surface area contributed by atoms with E-state index in [0.717, 1.165) is 6.54 Å². The van der Waals surface area contributed by atoms with Gasteiger partial charge in [-0.3, -0.25) is 0 Å². The van der Waals surface area contributed by atoms with Gasteiger partial charge >= 0.3 is 0 Å². The molecule has 0 saturated carbocycles. The molecule has 35 heavy (non-hydrogen) atoms. The number of nitrogens with two attached hydrogens (primary N) is 1. The van der Waals surface area contributed by atoms with Crippen LogP contribution in [0.4, 0.5) is 0 Å². The molecule has 0 rings (SSSR count). The molecule has 0 saturated heterocycles. The van der Waals surface area contributed by atoms with Gasteiger partial charge in [0.1, 0.15) is 0 Å². The molecule has 0 unspecified atom stereocenters. The minimum Gasteiger partial charge on any atom is -0.330 e.